The lowest BCUT2D eigenvalue weighted by Gasteiger charge is -2.24. The number of carboxylic acids is 1. The Kier molecular flexibility index (Phi) is 8.51. The lowest BCUT2D eigenvalue weighted by atomic mass is 10.0. The van der Waals surface area contributed by atoms with E-state index in [0.29, 0.717) is 36.0 Å². The fraction of sp³-hybridized carbons (Fsp3) is 0.238. The predicted octanol–water partition coefficient (Wildman–Crippen LogP) is 4.25. The first-order valence-corrected chi connectivity index (χ1v) is 9.18. The standard InChI is InChI=1S/C21H21ClN2O3.ClH/c22-19-11-5-4-10-18(19)20(16-7-2-1-3-8-16)23-27-14-13-24-12-6-9-17(15-24)21(25)26;/h1-5,7-11H,6,12-15H2,(H,25,26);1H/b23-20-;. The van der Waals surface area contributed by atoms with E-state index in [2.05, 4.69) is 10.1 Å². The van der Waals surface area contributed by atoms with Crippen LogP contribution in [0.1, 0.15) is 17.5 Å². The normalized spacial score (nSPS) is 14.8. The van der Waals surface area contributed by atoms with E-state index in [1.807, 2.05) is 54.6 Å². The minimum atomic E-state index is -0.858. The van der Waals surface area contributed by atoms with Crippen molar-refractivity contribution in [1.82, 2.24) is 4.90 Å². The third-order valence-corrected chi connectivity index (χ3v) is 4.67. The van der Waals surface area contributed by atoms with Gasteiger partial charge in [-0.15, -0.1) is 12.4 Å². The summed E-state index contributed by atoms with van der Waals surface area (Å²) < 4.78 is 0. The third-order valence-electron chi connectivity index (χ3n) is 4.34. The maximum Gasteiger partial charge on any atom is 0.332 e. The minimum absolute atomic E-state index is 0. The van der Waals surface area contributed by atoms with Gasteiger partial charge in [-0.1, -0.05) is 71.4 Å². The van der Waals surface area contributed by atoms with Crippen LogP contribution in [-0.2, 0) is 9.63 Å². The van der Waals surface area contributed by atoms with Crippen LogP contribution in [0.4, 0.5) is 0 Å². The molecule has 0 saturated carbocycles. The Hall–Kier alpha value is -2.34. The average molecular weight is 421 g/mol. The maximum atomic E-state index is 11.1. The summed E-state index contributed by atoms with van der Waals surface area (Å²) in [5, 5.41) is 14.1. The molecular formula is C21H22Cl2N2O3. The van der Waals surface area contributed by atoms with E-state index in [9.17, 15) is 4.79 Å². The molecule has 0 spiro atoms. The predicted molar refractivity (Wildman–Crippen MR) is 114 cm³/mol. The van der Waals surface area contributed by atoms with Gasteiger partial charge < -0.3 is 9.94 Å². The molecule has 2 aromatic rings. The van der Waals surface area contributed by atoms with Gasteiger partial charge in [0.2, 0.25) is 0 Å². The molecule has 7 heteroatoms. The Morgan fingerprint density at radius 2 is 1.86 bits per heavy atom. The molecule has 3 rings (SSSR count). The van der Waals surface area contributed by atoms with Gasteiger partial charge in [-0.3, -0.25) is 4.90 Å². The summed E-state index contributed by atoms with van der Waals surface area (Å²) in [7, 11) is 0. The van der Waals surface area contributed by atoms with Crippen molar-refractivity contribution in [3.63, 3.8) is 0 Å². The fourth-order valence-corrected chi connectivity index (χ4v) is 3.16. The molecule has 1 N–H and O–H groups in total. The van der Waals surface area contributed by atoms with Gasteiger partial charge >= 0.3 is 5.97 Å². The zero-order chi connectivity index (χ0) is 19.1. The molecule has 0 atom stereocenters. The Bertz CT molecular complexity index is 854. The van der Waals surface area contributed by atoms with Gasteiger partial charge in [0, 0.05) is 36.3 Å². The van der Waals surface area contributed by atoms with Crippen LogP contribution in [0.15, 0.2) is 71.4 Å². The highest BCUT2D eigenvalue weighted by atomic mass is 35.5. The van der Waals surface area contributed by atoms with Crippen molar-refractivity contribution in [2.75, 3.05) is 26.2 Å². The van der Waals surface area contributed by atoms with Crippen LogP contribution in [0, 0.1) is 0 Å². The highest BCUT2D eigenvalue weighted by Crippen LogP contribution is 2.20. The zero-order valence-electron chi connectivity index (χ0n) is 15.3. The molecule has 0 aliphatic carbocycles. The van der Waals surface area contributed by atoms with E-state index in [4.69, 9.17) is 21.5 Å². The molecule has 0 amide bonds. The van der Waals surface area contributed by atoms with Gasteiger partial charge in [0.1, 0.15) is 12.3 Å². The Morgan fingerprint density at radius 1 is 1.14 bits per heavy atom. The topological polar surface area (TPSA) is 62.1 Å². The second-order valence-electron chi connectivity index (χ2n) is 6.22. The molecule has 0 aromatic heterocycles. The van der Waals surface area contributed by atoms with Crippen molar-refractivity contribution < 1.29 is 14.7 Å². The highest BCUT2D eigenvalue weighted by molar-refractivity contribution is 6.35. The third kappa shape index (κ3) is 5.83. The van der Waals surface area contributed by atoms with Crippen LogP contribution in [0.2, 0.25) is 5.02 Å². The number of benzene rings is 2. The van der Waals surface area contributed by atoms with Crippen molar-refractivity contribution >= 4 is 35.7 Å². The molecule has 5 nitrogen and oxygen atoms in total. The Labute approximate surface area is 175 Å². The van der Waals surface area contributed by atoms with E-state index < -0.39 is 5.97 Å². The molecule has 0 fully saturated rings. The molecule has 2 aromatic carbocycles. The van der Waals surface area contributed by atoms with Crippen molar-refractivity contribution in [2.45, 2.75) is 6.42 Å². The van der Waals surface area contributed by atoms with Crippen LogP contribution < -0.4 is 0 Å². The van der Waals surface area contributed by atoms with Gasteiger partial charge in [0.15, 0.2) is 0 Å². The molecule has 0 bridgehead atoms. The lowest BCUT2D eigenvalue weighted by molar-refractivity contribution is -0.133. The van der Waals surface area contributed by atoms with E-state index in [1.54, 1.807) is 6.08 Å². The van der Waals surface area contributed by atoms with Crippen molar-refractivity contribution in [3.8, 4) is 0 Å². The zero-order valence-corrected chi connectivity index (χ0v) is 16.8. The summed E-state index contributed by atoms with van der Waals surface area (Å²) in [6.45, 7) is 2.23. The van der Waals surface area contributed by atoms with Crippen molar-refractivity contribution in [3.05, 3.63) is 82.4 Å². The fourth-order valence-electron chi connectivity index (χ4n) is 2.94. The molecule has 0 unspecified atom stereocenters. The van der Waals surface area contributed by atoms with Crippen LogP contribution in [0.25, 0.3) is 0 Å². The first-order valence-electron chi connectivity index (χ1n) is 8.80. The van der Waals surface area contributed by atoms with Gasteiger partial charge in [-0.25, -0.2) is 4.79 Å². The number of oxime groups is 1. The molecule has 1 aliphatic heterocycles. The minimum Gasteiger partial charge on any atom is -0.478 e. The van der Waals surface area contributed by atoms with Crippen molar-refractivity contribution in [1.29, 1.82) is 0 Å². The molecule has 148 valence electrons. The van der Waals surface area contributed by atoms with E-state index in [1.165, 1.54) is 0 Å². The Morgan fingerprint density at radius 3 is 2.57 bits per heavy atom. The summed E-state index contributed by atoms with van der Waals surface area (Å²) in [5.74, 6) is -0.858. The summed E-state index contributed by atoms with van der Waals surface area (Å²) in [6, 6.07) is 17.3. The first kappa shape index (κ1) is 22.0. The van der Waals surface area contributed by atoms with Crippen molar-refractivity contribution in [2.24, 2.45) is 5.16 Å². The van der Waals surface area contributed by atoms with Gasteiger partial charge in [0.05, 0.1) is 5.02 Å². The number of carbonyl (C=O) groups is 1. The molecule has 0 saturated heterocycles. The second-order valence-corrected chi connectivity index (χ2v) is 6.63. The highest BCUT2D eigenvalue weighted by Gasteiger charge is 2.17. The monoisotopic (exact) mass is 420 g/mol. The second kappa shape index (κ2) is 10.9. The summed E-state index contributed by atoms with van der Waals surface area (Å²) in [6.07, 6.45) is 2.52. The summed E-state index contributed by atoms with van der Waals surface area (Å²) in [4.78, 5) is 18.7. The van der Waals surface area contributed by atoms with Gasteiger partial charge in [-0.05, 0) is 12.5 Å². The van der Waals surface area contributed by atoms with Crippen LogP contribution in [-0.4, -0.2) is 47.9 Å². The van der Waals surface area contributed by atoms with Crippen LogP contribution in [0.5, 0.6) is 0 Å². The number of aliphatic carboxylic acids is 1. The average Bonchev–Trinajstić information content (AvgIpc) is 2.70. The maximum absolute atomic E-state index is 11.1. The molecule has 1 aliphatic rings. The smallest absolute Gasteiger partial charge is 0.332 e. The van der Waals surface area contributed by atoms with Crippen LogP contribution >= 0.6 is 24.0 Å². The number of nitrogens with zero attached hydrogens (tertiary/aromatic N) is 2. The van der Waals surface area contributed by atoms with Gasteiger partial charge in [0.25, 0.3) is 0 Å². The molecular weight excluding hydrogens is 399 g/mol. The van der Waals surface area contributed by atoms with E-state index in [0.717, 1.165) is 24.1 Å². The number of hydrogen-bond acceptors (Lipinski definition) is 4. The lowest BCUT2D eigenvalue weighted by Crippen LogP contribution is -2.34. The SMILES string of the molecule is Cl.O=C(O)C1=CCCN(CCO/N=C(/c2ccccc2)c2ccccc2Cl)C1. The molecule has 0 radical (unpaired) electrons. The number of hydrogen-bond donors (Lipinski definition) is 1. The largest absolute Gasteiger partial charge is 0.478 e. The summed E-state index contributed by atoms with van der Waals surface area (Å²) in [5.41, 5.74) is 2.83. The first-order chi connectivity index (χ1) is 13.1. The van der Waals surface area contributed by atoms with Crippen LogP contribution in [0.3, 0.4) is 0 Å². The van der Waals surface area contributed by atoms with Gasteiger partial charge in [-0.2, -0.15) is 0 Å². The number of carboxylic acid groups (broad SMARTS) is 1. The molecule has 28 heavy (non-hydrogen) atoms. The van der Waals surface area contributed by atoms with E-state index >= 15 is 0 Å². The number of halogens is 2. The Balaban J connectivity index is 0.00000280. The molecule has 1 heterocycles. The quantitative estimate of drug-likeness (QED) is 0.413. The van der Waals surface area contributed by atoms with E-state index in [-0.39, 0.29) is 12.4 Å². The number of rotatable bonds is 7. The summed E-state index contributed by atoms with van der Waals surface area (Å²) >= 11 is 6.34.